The molecule has 0 amide bonds. The number of aliphatic hydroxyl groups excluding tert-OH is 2. The summed E-state index contributed by atoms with van der Waals surface area (Å²) in [5.74, 6) is 0.456. The standard InChI is InChI=1S/C16H34O6/c1-12(2)7-19-10-16(18)11-22-15(5)9-21-14(4)8-20-13(3)6-17/h12-18H,6-11H2,1-5H3. The molecule has 134 valence electrons. The average molecular weight is 322 g/mol. The Hall–Kier alpha value is -0.240. The molecule has 0 fully saturated rings. The van der Waals surface area contributed by atoms with E-state index in [9.17, 15) is 5.11 Å². The molecule has 0 spiro atoms. The second-order valence-electron chi connectivity index (χ2n) is 6.20. The Kier molecular flexibility index (Phi) is 13.1. The molecule has 0 aliphatic carbocycles. The molecule has 0 aliphatic rings. The number of hydrogen-bond donors (Lipinski definition) is 2. The molecule has 0 radical (unpaired) electrons. The lowest BCUT2D eigenvalue weighted by Gasteiger charge is -2.20. The minimum Gasteiger partial charge on any atom is -0.394 e. The fourth-order valence-electron chi connectivity index (χ4n) is 1.51. The van der Waals surface area contributed by atoms with Gasteiger partial charge in [0, 0.05) is 6.61 Å². The van der Waals surface area contributed by atoms with Gasteiger partial charge in [-0.1, -0.05) is 13.8 Å². The van der Waals surface area contributed by atoms with Gasteiger partial charge in [0.05, 0.1) is 51.3 Å². The normalized spacial score (nSPS) is 17.5. The number of hydrogen-bond acceptors (Lipinski definition) is 6. The van der Waals surface area contributed by atoms with Gasteiger partial charge in [0.25, 0.3) is 0 Å². The van der Waals surface area contributed by atoms with E-state index in [0.29, 0.717) is 25.7 Å². The van der Waals surface area contributed by atoms with Crippen molar-refractivity contribution in [2.45, 2.75) is 59.0 Å². The van der Waals surface area contributed by atoms with Gasteiger partial charge in [-0.05, 0) is 26.7 Å². The molecule has 6 nitrogen and oxygen atoms in total. The third-order valence-corrected chi connectivity index (χ3v) is 2.82. The first kappa shape index (κ1) is 21.8. The Morgan fingerprint density at radius 2 is 1.18 bits per heavy atom. The molecule has 0 aromatic heterocycles. The van der Waals surface area contributed by atoms with Crippen molar-refractivity contribution >= 4 is 0 Å². The lowest BCUT2D eigenvalue weighted by Crippen LogP contribution is -2.29. The number of ether oxygens (including phenoxy) is 4. The zero-order valence-corrected chi connectivity index (χ0v) is 14.7. The first-order valence-electron chi connectivity index (χ1n) is 8.06. The maximum absolute atomic E-state index is 9.73. The summed E-state index contributed by atoms with van der Waals surface area (Å²) >= 11 is 0. The summed E-state index contributed by atoms with van der Waals surface area (Å²) in [4.78, 5) is 0. The van der Waals surface area contributed by atoms with Gasteiger partial charge in [0.15, 0.2) is 0 Å². The van der Waals surface area contributed by atoms with Crippen LogP contribution in [-0.2, 0) is 18.9 Å². The highest BCUT2D eigenvalue weighted by Crippen LogP contribution is 2.01. The highest BCUT2D eigenvalue weighted by Gasteiger charge is 2.12. The van der Waals surface area contributed by atoms with E-state index in [1.54, 1.807) is 6.92 Å². The second-order valence-corrected chi connectivity index (χ2v) is 6.20. The summed E-state index contributed by atoms with van der Waals surface area (Å²) in [6.45, 7) is 11.8. The third-order valence-electron chi connectivity index (χ3n) is 2.82. The minimum atomic E-state index is -0.618. The van der Waals surface area contributed by atoms with Crippen molar-refractivity contribution in [1.82, 2.24) is 0 Å². The molecular weight excluding hydrogens is 288 g/mol. The van der Waals surface area contributed by atoms with Gasteiger partial charge >= 0.3 is 0 Å². The Labute approximate surface area is 134 Å². The van der Waals surface area contributed by atoms with Gasteiger partial charge in [0.2, 0.25) is 0 Å². The molecule has 0 saturated heterocycles. The van der Waals surface area contributed by atoms with Crippen LogP contribution >= 0.6 is 0 Å². The van der Waals surface area contributed by atoms with E-state index in [2.05, 4.69) is 13.8 Å². The first-order chi connectivity index (χ1) is 10.3. The molecule has 0 aliphatic heterocycles. The van der Waals surface area contributed by atoms with Crippen LogP contribution in [-0.4, -0.2) is 74.3 Å². The van der Waals surface area contributed by atoms with Gasteiger partial charge in [-0.3, -0.25) is 0 Å². The van der Waals surface area contributed by atoms with Crippen molar-refractivity contribution in [2.24, 2.45) is 5.92 Å². The van der Waals surface area contributed by atoms with Crippen molar-refractivity contribution in [2.75, 3.05) is 39.6 Å². The molecule has 4 atom stereocenters. The van der Waals surface area contributed by atoms with Crippen molar-refractivity contribution in [3.05, 3.63) is 0 Å². The summed E-state index contributed by atoms with van der Waals surface area (Å²) in [7, 11) is 0. The molecule has 0 aromatic rings. The van der Waals surface area contributed by atoms with E-state index in [4.69, 9.17) is 24.1 Å². The van der Waals surface area contributed by atoms with E-state index in [-0.39, 0.29) is 38.1 Å². The van der Waals surface area contributed by atoms with Crippen LogP contribution in [0.3, 0.4) is 0 Å². The molecule has 0 aromatic carbocycles. The fourth-order valence-corrected chi connectivity index (χ4v) is 1.51. The maximum Gasteiger partial charge on any atom is 0.101 e. The molecular formula is C16H34O6. The van der Waals surface area contributed by atoms with E-state index in [0.717, 1.165) is 0 Å². The summed E-state index contributed by atoms with van der Waals surface area (Å²) in [6, 6.07) is 0. The summed E-state index contributed by atoms with van der Waals surface area (Å²) in [6.07, 6.45) is -0.982. The highest BCUT2D eigenvalue weighted by atomic mass is 16.6. The van der Waals surface area contributed by atoms with Gasteiger partial charge in [-0.2, -0.15) is 0 Å². The van der Waals surface area contributed by atoms with Crippen LogP contribution in [0, 0.1) is 5.92 Å². The van der Waals surface area contributed by atoms with Crippen molar-refractivity contribution < 1.29 is 29.2 Å². The minimum absolute atomic E-state index is 0.00298. The topological polar surface area (TPSA) is 77.4 Å². The SMILES string of the molecule is CC(C)COCC(O)COC(C)COC(C)COC(C)CO. The Morgan fingerprint density at radius 1 is 0.682 bits per heavy atom. The van der Waals surface area contributed by atoms with Gasteiger partial charge < -0.3 is 29.2 Å². The van der Waals surface area contributed by atoms with Gasteiger partial charge in [0.1, 0.15) is 6.10 Å². The molecule has 0 rings (SSSR count). The summed E-state index contributed by atoms with van der Waals surface area (Å²) in [5.41, 5.74) is 0. The molecule has 4 unspecified atom stereocenters. The Morgan fingerprint density at radius 3 is 1.68 bits per heavy atom. The predicted molar refractivity (Wildman–Crippen MR) is 85.0 cm³/mol. The molecule has 0 bridgehead atoms. The average Bonchev–Trinajstić information content (AvgIpc) is 2.47. The highest BCUT2D eigenvalue weighted by molar-refractivity contribution is 4.57. The van der Waals surface area contributed by atoms with Crippen LogP contribution in [0.4, 0.5) is 0 Å². The van der Waals surface area contributed by atoms with Crippen LogP contribution in [0.25, 0.3) is 0 Å². The number of aliphatic hydroxyl groups is 2. The van der Waals surface area contributed by atoms with Crippen molar-refractivity contribution in [3.63, 3.8) is 0 Å². The van der Waals surface area contributed by atoms with Gasteiger partial charge in [-0.25, -0.2) is 0 Å². The fraction of sp³-hybridized carbons (Fsp3) is 1.00. The van der Waals surface area contributed by atoms with E-state index in [1.807, 2.05) is 13.8 Å². The van der Waals surface area contributed by atoms with Crippen LogP contribution in [0.15, 0.2) is 0 Å². The lowest BCUT2D eigenvalue weighted by molar-refractivity contribution is -0.0914. The first-order valence-corrected chi connectivity index (χ1v) is 8.06. The second kappa shape index (κ2) is 13.2. The monoisotopic (exact) mass is 322 g/mol. The van der Waals surface area contributed by atoms with E-state index in [1.165, 1.54) is 0 Å². The Balaban J connectivity index is 3.61. The predicted octanol–water partition coefficient (Wildman–Crippen LogP) is 1.23. The Bertz CT molecular complexity index is 249. The molecule has 0 saturated carbocycles. The number of rotatable bonds is 14. The largest absolute Gasteiger partial charge is 0.394 e. The van der Waals surface area contributed by atoms with E-state index < -0.39 is 6.10 Å². The zero-order chi connectivity index (χ0) is 17.0. The summed E-state index contributed by atoms with van der Waals surface area (Å²) < 4.78 is 21.9. The van der Waals surface area contributed by atoms with Crippen LogP contribution in [0.1, 0.15) is 34.6 Å². The van der Waals surface area contributed by atoms with Crippen LogP contribution in [0.2, 0.25) is 0 Å². The molecule has 6 heteroatoms. The maximum atomic E-state index is 9.73. The van der Waals surface area contributed by atoms with Crippen LogP contribution < -0.4 is 0 Å². The van der Waals surface area contributed by atoms with Gasteiger partial charge in [-0.15, -0.1) is 0 Å². The van der Waals surface area contributed by atoms with Crippen molar-refractivity contribution in [3.8, 4) is 0 Å². The molecule has 0 heterocycles. The van der Waals surface area contributed by atoms with E-state index >= 15 is 0 Å². The van der Waals surface area contributed by atoms with Crippen LogP contribution in [0.5, 0.6) is 0 Å². The summed E-state index contributed by atoms with van der Waals surface area (Å²) in [5, 5.41) is 18.6. The smallest absolute Gasteiger partial charge is 0.101 e. The lowest BCUT2D eigenvalue weighted by atomic mass is 10.2. The quantitative estimate of drug-likeness (QED) is 0.501. The zero-order valence-electron chi connectivity index (χ0n) is 14.7. The third kappa shape index (κ3) is 13.4. The molecule has 2 N–H and O–H groups in total. The van der Waals surface area contributed by atoms with Crippen molar-refractivity contribution in [1.29, 1.82) is 0 Å². The molecule has 22 heavy (non-hydrogen) atoms.